The maximum atomic E-state index is 12.7. The van der Waals surface area contributed by atoms with Crippen LogP contribution < -0.4 is 15.4 Å². The standard InChI is InChI=1S/C20H22N4O3S/c1-13(25)21-16-10-14(8-9-18(16)27-2)22-20(26)11-24-17-7-5-4-6-15(17)23-19(24)12-28-3/h4-10H,11-12H2,1-3H3,(H,21,25)(H,22,26). The quantitative estimate of drug-likeness (QED) is 0.636. The summed E-state index contributed by atoms with van der Waals surface area (Å²) in [4.78, 5) is 28.7. The number of carbonyl (C=O) groups is 2. The highest BCUT2D eigenvalue weighted by atomic mass is 32.2. The van der Waals surface area contributed by atoms with Crippen LogP contribution in [0.25, 0.3) is 11.0 Å². The second-order valence-corrected chi connectivity index (χ2v) is 7.05. The van der Waals surface area contributed by atoms with Crippen LogP contribution in [0.15, 0.2) is 42.5 Å². The molecule has 2 N–H and O–H groups in total. The van der Waals surface area contributed by atoms with Gasteiger partial charge in [0.2, 0.25) is 11.8 Å². The molecular weight excluding hydrogens is 376 g/mol. The molecule has 7 nitrogen and oxygen atoms in total. The van der Waals surface area contributed by atoms with E-state index >= 15 is 0 Å². The second kappa shape index (κ2) is 8.79. The van der Waals surface area contributed by atoms with Crippen LogP contribution in [0.3, 0.4) is 0 Å². The third kappa shape index (κ3) is 4.45. The van der Waals surface area contributed by atoms with Crippen LogP contribution in [0, 0.1) is 0 Å². The summed E-state index contributed by atoms with van der Waals surface area (Å²) in [6.45, 7) is 1.57. The maximum Gasteiger partial charge on any atom is 0.244 e. The van der Waals surface area contributed by atoms with E-state index in [0.29, 0.717) is 17.1 Å². The van der Waals surface area contributed by atoms with Gasteiger partial charge in [0.15, 0.2) is 0 Å². The number of ether oxygens (including phenoxy) is 1. The number of carbonyl (C=O) groups excluding carboxylic acids is 2. The molecule has 0 spiro atoms. The van der Waals surface area contributed by atoms with Gasteiger partial charge in [0.05, 0.1) is 29.6 Å². The van der Waals surface area contributed by atoms with Crippen molar-refractivity contribution in [2.45, 2.75) is 19.2 Å². The molecule has 0 unspecified atom stereocenters. The van der Waals surface area contributed by atoms with E-state index in [0.717, 1.165) is 22.6 Å². The van der Waals surface area contributed by atoms with Gasteiger partial charge < -0.3 is 19.9 Å². The average Bonchev–Trinajstić information content (AvgIpc) is 2.99. The van der Waals surface area contributed by atoms with Crippen molar-refractivity contribution in [2.75, 3.05) is 24.0 Å². The molecular formula is C20H22N4O3S. The zero-order chi connectivity index (χ0) is 20.1. The summed E-state index contributed by atoms with van der Waals surface area (Å²) in [6, 6.07) is 12.9. The minimum atomic E-state index is -0.214. The molecule has 1 heterocycles. The fourth-order valence-corrected chi connectivity index (χ4v) is 3.44. The normalized spacial score (nSPS) is 10.7. The number of anilines is 2. The van der Waals surface area contributed by atoms with Crippen molar-refractivity contribution in [3.63, 3.8) is 0 Å². The van der Waals surface area contributed by atoms with Gasteiger partial charge in [-0.05, 0) is 36.6 Å². The lowest BCUT2D eigenvalue weighted by Crippen LogP contribution is -2.20. The molecule has 2 aromatic carbocycles. The zero-order valence-electron chi connectivity index (χ0n) is 16.0. The van der Waals surface area contributed by atoms with E-state index in [1.54, 1.807) is 30.0 Å². The van der Waals surface area contributed by atoms with Crippen LogP contribution >= 0.6 is 11.8 Å². The van der Waals surface area contributed by atoms with E-state index in [2.05, 4.69) is 15.6 Å². The van der Waals surface area contributed by atoms with Crippen LogP contribution in [0.1, 0.15) is 12.7 Å². The zero-order valence-corrected chi connectivity index (χ0v) is 16.8. The highest BCUT2D eigenvalue weighted by Crippen LogP contribution is 2.28. The second-order valence-electron chi connectivity index (χ2n) is 6.18. The number of para-hydroxylation sites is 2. The fourth-order valence-electron chi connectivity index (χ4n) is 2.96. The Morgan fingerprint density at radius 2 is 1.96 bits per heavy atom. The molecule has 8 heteroatoms. The van der Waals surface area contributed by atoms with Crippen molar-refractivity contribution in [3.8, 4) is 5.75 Å². The van der Waals surface area contributed by atoms with Crippen LogP contribution in [0.4, 0.5) is 11.4 Å². The van der Waals surface area contributed by atoms with Gasteiger partial charge in [0.1, 0.15) is 18.1 Å². The molecule has 2 amide bonds. The van der Waals surface area contributed by atoms with E-state index in [1.807, 2.05) is 35.1 Å². The molecule has 28 heavy (non-hydrogen) atoms. The first kappa shape index (κ1) is 19.8. The molecule has 0 saturated heterocycles. The number of nitrogens with zero attached hydrogens (tertiary/aromatic N) is 2. The molecule has 146 valence electrons. The van der Waals surface area contributed by atoms with E-state index in [4.69, 9.17) is 4.74 Å². The van der Waals surface area contributed by atoms with Crippen molar-refractivity contribution in [1.29, 1.82) is 0 Å². The number of fused-ring (bicyclic) bond motifs is 1. The minimum Gasteiger partial charge on any atom is -0.495 e. The molecule has 0 atom stereocenters. The molecule has 0 bridgehead atoms. The van der Waals surface area contributed by atoms with Crippen molar-refractivity contribution < 1.29 is 14.3 Å². The van der Waals surface area contributed by atoms with Crippen LogP contribution in [0.2, 0.25) is 0 Å². The lowest BCUT2D eigenvalue weighted by molar-refractivity contribution is -0.116. The van der Waals surface area contributed by atoms with E-state index in [1.165, 1.54) is 14.0 Å². The minimum absolute atomic E-state index is 0.151. The molecule has 1 aromatic heterocycles. The summed E-state index contributed by atoms with van der Waals surface area (Å²) in [7, 11) is 1.52. The van der Waals surface area contributed by atoms with Crippen molar-refractivity contribution in [1.82, 2.24) is 9.55 Å². The van der Waals surface area contributed by atoms with Gasteiger partial charge >= 0.3 is 0 Å². The predicted octanol–water partition coefficient (Wildman–Crippen LogP) is 3.51. The van der Waals surface area contributed by atoms with Gasteiger partial charge in [0, 0.05) is 12.6 Å². The Labute approximate surface area is 167 Å². The molecule has 0 radical (unpaired) electrons. The number of thioether (sulfide) groups is 1. The summed E-state index contributed by atoms with van der Waals surface area (Å²) in [6.07, 6.45) is 2.00. The molecule has 0 saturated carbocycles. The summed E-state index contributed by atoms with van der Waals surface area (Å²) in [5.41, 5.74) is 2.88. The predicted molar refractivity (Wildman–Crippen MR) is 113 cm³/mol. The monoisotopic (exact) mass is 398 g/mol. The lowest BCUT2D eigenvalue weighted by atomic mass is 10.2. The fraction of sp³-hybridized carbons (Fsp3) is 0.250. The highest BCUT2D eigenvalue weighted by Gasteiger charge is 2.14. The van der Waals surface area contributed by atoms with Gasteiger partial charge in [-0.25, -0.2) is 4.98 Å². The number of hydrogen-bond donors (Lipinski definition) is 2. The Morgan fingerprint density at radius 1 is 1.18 bits per heavy atom. The van der Waals surface area contributed by atoms with Gasteiger partial charge in [-0.2, -0.15) is 11.8 Å². The van der Waals surface area contributed by atoms with Crippen LogP contribution in [-0.2, 0) is 21.9 Å². The Kier molecular flexibility index (Phi) is 6.20. The van der Waals surface area contributed by atoms with Gasteiger partial charge in [-0.15, -0.1) is 0 Å². The van der Waals surface area contributed by atoms with Crippen molar-refractivity contribution in [3.05, 3.63) is 48.3 Å². The topological polar surface area (TPSA) is 85.2 Å². The van der Waals surface area contributed by atoms with Crippen molar-refractivity contribution in [2.24, 2.45) is 0 Å². The summed E-state index contributed by atoms with van der Waals surface area (Å²) < 4.78 is 7.17. The third-order valence-corrected chi connectivity index (χ3v) is 4.65. The molecule has 3 rings (SSSR count). The number of hydrogen-bond acceptors (Lipinski definition) is 5. The van der Waals surface area contributed by atoms with E-state index in [9.17, 15) is 9.59 Å². The Bertz CT molecular complexity index is 1020. The number of aromatic nitrogens is 2. The van der Waals surface area contributed by atoms with E-state index in [-0.39, 0.29) is 18.4 Å². The average molecular weight is 398 g/mol. The Hall–Kier alpha value is -3.00. The number of nitrogens with one attached hydrogen (secondary N) is 2. The van der Waals surface area contributed by atoms with E-state index < -0.39 is 0 Å². The molecule has 3 aromatic rings. The van der Waals surface area contributed by atoms with Gasteiger partial charge in [0.25, 0.3) is 0 Å². The number of imidazole rings is 1. The molecule has 0 aliphatic rings. The molecule has 0 aliphatic heterocycles. The SMILES string of the molecule is COc1ccc(NC(=O)Cn2c(CSC)nc3ccccc32)cc1NC(C)=O. The first-order chi connectivity index (χ1) is 13.5. The number of amides is 2. The smallest absolute Gasteiger partial charge is 0.244 e. The summed E-state index contributed by atoms with van der Waals surface area (Å²) in [5.74, 6) is 1.71. The number of benzene rings is 2. The summed E-state index contributed by atoms with van der Waals surface area (Å²) in [5, 5.41) is 5.58. The Morgan fingerprint density at radius 3 is 2.68 bits per heavy atom. The molecule has 0 fully saturated rings. The van der Waals surface area contributed by atoms with Gasteiger partial charge in [-0.1, -0.05) is 12.1 Å². The van der Waals surface area contributed by atoms with Crippen molar-refractivity contribution >= 4 is 46.0 Å². The molecule has 0 aliphatic carbocycles. The maximum absolute atomic E-state index is 12.7. The number of rotatable bonds is 7. The first-order valence-electron chi connectivity index (χ1n) is 8.70. The summed E-state index contributed by atoms with van der Waals surface area (Å²) >= 11 is 1.66. The lowest BCUT2D eigenvalue weighted by Gasteiger charge is -2.13. The largest absolute Gasteiger partial charge is 0.495 e. The highest BCUT2D eigenvalue weighted by molar-refractivity contribution is 7.97. The van der Waals surface area contributed by atoms with Gasteiger partial charge in [-0.3, -0.25) is 9.59 Å². The van der Waals surface area contributed by atoms with Crippen LogP contribution in [0.5, 0.6) is 5.75 Å². The first-order valence-corrected chi connectivity index (χ1v) is 10.1. The Balaban J connectivity index is 1.82. The number of methoxy groups -OCH3 is 1. The van der Waals surface area contributed by atoms with Crippen LogP contribution in [-0.4, -0.2) is 34.7 Å². The third-order valence-electron chi connectivity index (χ3n) is 4.10.